The number of fused-ring (bicyclic) bond motifs is 3. The number of alkyl halides is 3. The molecule has 1 aliphatic rings. The first-order chi connectivity index (χ1) is 30.3. The van der Waals surface area contributed by atoms with Crippen molar-refractivity contribution in [3.8, 4) is 11.1 Å². The molecule has 0 aliphatic heterocycles. The predicted octanol–water partition coefficient (Wildman–Crippen LogP) is 7.65. The smallest absolute Gasteiger partial charge is 0.416 e. The molecule has 0 radical (unpaired) electrons. The number of benzene rings is 4. The maximum absolute atomic E-state index is 13.1. The molecule has 4 aromatic carbocycles. The van der Waals surface area contributed by atoms with Crippen LogP contribution in [0.15, 0.2) is 97.1 Å². The van der Waals surface area contributed by atoms with Gasteiger partial charge in [0.05, 0.1) is 103 Å². The van der Waals surface area contributed by atoms with E-state index in [2.05, 4.69) is 34.9 Å². The normalized spacial score (nSPS) is 12.2. The zero-order valence-corrected chi connectivity index (χ0v) is 34.7. The van der Waals surface area contributed by atoms with Crippen LogP contribution in [0.5, 0.6) is 0 Å². The van der Waals surface area contributed by atoms with Crippen molar-refractivity contribution in [1.29, 1.82) is 0 Å². The molecule has 1 aliphatic carbocycles. The molecule has 336 valence electrons. The third-order valence-electron chi connectivity index (χ3n) is 9.39. The molecule has 62 heavy (non-hydrogen) atoms. The van der Waals surface area contributed by atoms with E-state index in [1.807, 2.05) is 24.3 Å². The van der Waals surface area contributed by atoms with Gasteiger partial charge in [0, 0.05) is 24.8 Å². The number of carbonyl (C=O) groups excluding carboxylic acids is 2. The van der Waals surface area contributed by atoms with E-state index in [9.17, 15) is 22.8 Å². The first-order valence-electron chi connectivity index (χ1n) is 20.6. The largest absolute Gasteiger partial charge is 0.460 e. The first kappa shape index (κ1) is 48.0. The van der Waals surface area contributed by atoms with Crippen LogP contribution in [-0.4, -0.2) is 124 Å². The molecule has 5 rings (SSSR count). The number of hydrogen-bond acceptors (Lipinski definition) is 12. The Balaban J connectivity index is 0.734. The summed E-state index contributed by atoms with van der Waals surface area (Å²) in [4.78, 5) is 24.9. The quantitative estimate of drug-likeness (QED) is 0.0393. The van der Waals surface area contributed by atoms with E-state index in [0.717, 1.165) is 12.1 Å². The molecule has 0 aromatic heterocycles. The molecular formula is C46H55F3N2O11. The number of halogens is 3. The Labute approximate surface area is 360 Å². The van der Waals surface area contributed by atoms with Crippen LogP contribution in [0.4, 0.5) is 29.3 Å². The summed E-state index contributed by atoms with van der Waals surface area (Å²) in [7, 11) is 0. The molecule has 0 spiro atoms. The minimum absolute atomic E-state index is 0.00855. The molecule has 4 aromatic rings. The standard InChI is InChI=1S/C46H55F3N2O11/c47-46(48,49)35-9-7-10-36(33-35)51-43-16-6-5-15-41(43)44(52)61-32-31-60-30-29-59-28-27-58-26-25-57-24-23-56-22-21-55-20-19-54-18-8-17-50-45(53)62-34-42-39-13-3-1-11-37(39)38-12-2-4-14-40(38)42/h1-7,9-16,33,42,51H,8,17-32,34H2,(H,50,53). The topological polar surface area (TPSA) is 141 Å². The van der Waals surface area contributed by atoms with Crippen molar-refractivity contribution in [1.82, 2.24) is 5.32 Å². The lowest BCUT2D eigenvalue weighted by atomic mass is 9.98. The Morgan fingerprint density at radius 3 is 1.56 bits per heavy atom. The van der Waals surface area contributed by atoms with E-state index < -0.39 is 23.8 Å². The maximum atomic E-state index is 13.1. The molecule has 0 heterocycles. The number of amides is 1. The molecule has 1 amide bonds. The van der Waals surface area contributed by atoms with Gasteiger partial charge in [-0.15, -0.1) is 0 Å². The maximum Gasteiger partial charge on any atom is 0.416 e. The number of carbonyl (C=O) groups is 2. The Bertz CT molecular complexity index is 1890. The Kier molecular flexibility index (Phi) is 21.0. The molecule has 0 saturated carbocycles. The van der Waals surface area contributed by atoms with E-state index in [1.54, 1.807) is 18.2 Å². The van der Waals surface area contributed by atoms with Gasteiger partial charge < -0.3 is 53.3 Å². The van der Waals surface area contributed by atoms with Crippen LogP contribution in [0.25, 0.3) is 11.1 Å². The minimum atomic E-state index is -4.48. The number of hydrogen-bond donors (Lipinski definition) is 2. The van der Waals surface area contributed by atoms with Gasteiger partial charge in [-0.2, -0.15) is 13.2 Å². The summed E-state index contributed by atoms with van der Waals surface area (Å²) in [5.74, 6) is -0.602. The van der Waals surface area contributed by atoms with Crippen molar-refractivity contribution >= 4 is 23.4 Å². The van der Waals surface area contributed by atoms with Gasteiger partial charge in [0.15, 0.2) is 0 Å². The van der Waals surface area contributed by atoms with Crippen molar-refractivity contribution < 1.29 is 65.4 Å². The van der Waals surface area contributed by atoms with Gasteiger partial charge >= 0.3 is 18.2 Å². The van der Waals surface area contributed by atoms with Gasteiger partial charge in [-0.1, -0.05) is 66.7 Å². The fourth-order valence-electron chi connectivity index (χ4n) is 6.41. The van der Waals surface area contributed by atoms with Crippen LogP contribution in [0.3, 0.4) is 0 Å². The second-order valence-corrected chi connectivity index (χ2v) is 13.8. The summed E-state index contributed by atoms with van der Waals surface area (Å²) in [6.07, 6.45) is -4.26. The third kappa shape index (κ3) is 16.7. The van der Waals surface area contributed by atoms with Crippen molar-refractivity contribution in [3.63, 3.8) is 0 Å². The molecular weight excluding hydrogens is 814 g/mol. The predicted molar refractivity (Wildman–Crippen MR) is 225 cm³/mol. The Hall–Kier alpha value is -5.07. The SMILES string of the molecule is O=C(NCCCOCCOCCOCCOCCOCCOCCOCCOC(=O)c1ccccc1Nc1cccc(C(F)(F)F)c1)OCC1c2ccccc2-c2ccccc21. The molecule has 0 unspecified atom stereocenters. The molecule has 0 saturated heterocycles. The van der Waals surface area contributed by atoms with Crippen LogP contribution in [0.1, 0.15) is 39.4 Å². The fraction of sp³-hybridized carbons (Fsp3) is 0.435. The highest BCUT2D eigenvalue weighted by molar-refractivity contribution is 5.96. The lowest BCUT2D eigenvalue weighted by Gasteiger charge is -2.14. The molecule has 0 atom stereocenters. The number of nitrogens with one attached hydrogen (secondary N) is 2. The first-order valence-corrected chi connectivity index (χ1v) is 20.6. The molecule has 2 N–H and O–H groups in total. The Morgan fingerprint density at radius 2 is 1.02 bits per heavy atom. The highest BCUT2D eigenvalue weighted by atomic mass is 19.4. The van der Waals surface area contributed by atoms with E-state index >= 15 is 0 Å². The summed E-state index contributed by atoms with van der Waals surface area (Å²) in [5, 5.41) is 5.65. The van der Waals surface area contributed by atoms with Crippen molar-refractivity contribution in [2.45, 2.75) is 18.5 Å². The van der Waals surface area contributed by atoms with Crippen LogP contribution in [0.2, 0.25) is 0 Å². The fourth-order valence-corrected chi connectivity index (χ4v) is 6.41. The van der Waals surface area contributed by atoms with Crippen molar-refractivity contribution in [2.24, 2.45) is 0 Å². The van der Waals surface area contributed by atoms with Gasteiger partial charge in [-0.05, 0) is 59.0 Å². The summed E-state index contributed by atoms with van der Waals surface area (Å²) in [5.41, 5.74) is 4.64. The lowest BCUT2D eigenvalue weighted by molar-refractivity contribution is -0.137. The van der Waals surface area contributed by atoms with E-state index in [1.165, 1.54) is 40.5 Å². The van der Waals surface area contributed by atoms with Gasteiger partial charge in [0.25, 0.3) is 0 Å². The monoisotopic (exact) mass is 868 g/mol. The number of ether oxygens (including phenoxy) is 9. The highest BCUT2D eigenvalue weighted by Gasteiger charge is 2.31. The average molecular weight is 869 g/mol. The number of alkyl carbamates (subject to hydrolysis) is 1. The van der Waals surface area contributed by atoms with Crippen LogP contribution in [-0.2, 0) is 48.8 Å². The molecule has 13 nitrogen and oxygen atoms in total. The summed E-state index contributed by atoms with van der Waals surface area (Å²) in [6.45, 7) is 6.25. The summed E-state index contributed by atoms with van der Waals surface area (Å²) < 4.78 is 88.6. The van der Waals surface area contributed by atoms with Crippen LogP contribution in [0, 0.1) is 0 Å². The number of esters is 1. The summed E-state index contributed by atoms with van der Waals surface area (Å²) in [6, 6.07) is 27.6. The van der Waals surface area contributed by atoms with Gasteiger partial charge in [0.1, 0.15) is 13.2 Å². The second-order valence-electron chi connectivity index (χ2n) is 13.8. The van der Waals surface area contributed by atoms with Gasteiger partial charge in [-0.3, -0.25) is 0 Å². The van der Waals surface area contributed by atoms with Crippen LogP contribution >= 0.6 is 0 Å². The average Bonchev–Trinajstić information content (AvgIpc) is 3.60. The zero-order chi connectivity index (χ0) is 43.7. The molecule has 0 bridgehead atoms. The van der Waals surface area contributed by atoms with Crippen molar-refractivity contribution in [3.05, 3.63) is 119 Å². The number of rotatable bonds is 30. The third-order valence-corrected chi connectivity index (χ3v) is 9.39. The van der Waals surface area contributed by atoms with Crippen LogP contribution < -0.4 is 10.6 Å². The highest BCUT2D eigenvalue weighted by Crippen LogP contribution is 2.44. The van der Waals surface area contributed by atoms with Gasteiger partial charge in [-0.25, -0.2) is 9.59 Å². The number of para-hydroxylation sites is 1. The zero-order valence-electron chi connectivity index (χ0n) is 34.7. The minimum Gasteiger partial charge on any atom is -0.460 e. The molecule has 16 heteroatoms. The van der Waals surface area contributed by atoms with E-state index in [0.29, 0.717) is 105 Å². The van der Waals surface area contributed by atoms with E-state index in [4.69, 9.17) is 42.6 Å². The second kappa shape index (κ2) is 27.1. The Morgan fingerprint density at radius 1 is 0.532 bits per heavy atom. The lowest BCUT2D eigenvalue weighted by Crippen LogP contribution is -2.27. The summed E-state index contributed by atoms with van der Waals surface area (Å²) >= 11 is 0. The van der Waals surface area contributed by atoms with Crippen molar-refractivity contribution in [2.75, 3.05) is 118 Å². The molecule has 0 fully saturated rings. The number of anilines is 2. The van der Waals surface area contributed by atoms with E-state index in [-0.39, 0.29) is 37.0 Å². The van der Waals surface area contributed by atoms with Gasteiger partial charge in [0.2, 0.25) is 0 Å².